The van der Waals surface area contributed by atoms with Gasteiger partial charge in [-0.1, -0.05) is 21.9 Å². The van der Waals surface area contributed by atoms with Gasteiger partial charge in [0.15, 0.2) is 0 Å². The molecule has 0 spiro atoms. The van der Waals surface area contributed by atoms with Gasteiger partial charge in [0, 0.05) is 16.2 Å². The normalized spacial score (nSPS) is 9.38. The summed E-state index contributed by atoms with van der Waals surface area (Å²) in [6, 6.07) is 11.7. The number of hydrogen-bond acceptors (Lipinski definition) is 1. The summed E-state index contributed by atoms with van der Waals surface area (Å²) in [6.07, 6.45) is 1.73. The first kappa shape index (κ1) is 11.4. The quantitative estimate of drug-likeness (QED) is 0.662. The van der Waals surface area contributed by atoms with Gasteiger partial charge in [-0.05, 0) is 58.2 Å². The van der Waals surface area contributed by atoms with Crippen LogP contribution in [0.2, 0.25) is 0 Å². The summed E-state index contributed by atoms with van der Waals surface area (Å²) in [5, 5.41) is 0. The number of halogens is 2. The van der Waals surface area contributed by atoms with Crippen molar-refractivity contribution in [2.75, 3.05) is 0 Å². The number of nitrogens with zero attached hydrogens (tertiary/aromatic N) is 1. The van der Waals surface area contributed by atoms with Gasteiger partial charge in [0.1, 0.15) is 5.69 Å². The van der Waals surface area contributed by atoms with Crippen LogP contribution >= 0.6 is 31.9 Å². The minimum absolute atomic E-state index is 0.755. The third-order valence-electron chi connectivity index (χ3n) is 1.93. The average Bonchev–Trinajstić information content (AvgIpc) is 2.30. The lowest BCUT2D eigenvalue weighted by Gasteiger charge is -1.93. The van der Waals surface area contributed by atoms with E-state index in [1.165, 1.54) is 0 Å². The third-order valence-corrected chi connectivity index (χ3v) is 3.10. The first-order chi connectivity index (χ1) is 7.75. The van der Waals surface area contributed by atoms with Crippen molar-refractivity contribution in [1.82, 2.24) is 4.98 Å². The molecule has 0 saturated carbocycles. The van der Waals surface area contributed by atoms with E-state index >= 15 is 0 Å². The molecule has 0 N–H and O–H groups in total. The molecule has 1 nitrogen and oxygen atoms in total. The molecule has 1 aromatic heterocycles. The molecule has 0 aliphatic carbocycles. The molecule has 1 heterocycles. The Kier molecular flexibility index (Phi) is 3.76. The van der Waals surface area contributed by atoms with Crippen LogP contribution in [0, 0.1) is 11.8 Å². The molecular formula is C13H7Br2N. The van der Waals surface area contributed by atoms with E-state index in [2.05, 4.69) is 48.7 Å². The molecule has 2 rings (SSSR count). The molecule has 2 aromatic rings. The van der Waals surface area contributed by atoms with Crippen LogP contribution in [0.25, 0.3) is 0 Å². The Labute approximate surface area is 111 Å². The fourth-order valence-electron chi connectivity index (χ4n) is 1.14. The standard InChI is InChI=1S/C13H7Br2N/c14-11-6-3-10(4-7-11)5-8-13-12(15)2-1-9-16-13/h1-4,6-7,9H. The maximum Gasteiger partial charge on any atom is 0.127 e. The highest BCUT2D eigenvalue weighted by Crippen LogP contribution is 2.12. The van der Waals surface area contributed by atoms with E-state index in [1.54, 1.807) is 6.20 Å². The Morgan fingerprint density at radius 1 is 0.938 bits per heavy atom. The van der Waals surface area contributed by atoms with E-state index in [9.17, 15) is 0 Å². The monoisotopic (exact) mass is 335 g/mol. The predicted molar refractivity (Wildman–Crippen MR) is 72.1 cm³/mol. The van der Waals surface area contributed by atoms with Crippen LogP contribution in [0.1, 0.15) is 11.3 Å². The summed E-state index contributed by atoms with van der Waals surface area (Å²) in [7, 11) is 0. The maximum atomic E-state index is 4.18. The number of rotatable bonds is 0. The Morgan fingerprint density at radius 2 is 1.69 bits per heavy atom. The molecule has 1 aromatic carbocycles. The largest absolute Gasteiger partial charge is 0.247 e. The first-order valence-electron chi connectivity index (χ1n) is 4.64. The van der Waals surface area contributed by atoms with Gasteiger partial charge < -0.3 is 0 Å². The lowest BCUT2D eigenvalue weighted by molar-refractivity contribution is 1.27. The second-order valence-corrected chi connectivity index (χ2v) is 4.86. The summed E-state index contributed by atoms with van der Waals surface area (Å²) < 4.78 is 1.97. The molecular weight excluding hydrogens is 330 g/mol. The number of hydrogen-bond donors (Lipinski definition) is 0. The maximum absolute atomic E-state index is 4.18. The van der Waals surface area contributed by atoms with Gasteiger partial charge in [0.2, 0.25) is 0 Å². The van der Waals surface area contributed by atoms with Crippen molar-refractivity contribution in [2.24, 2.45) is 0 Å². The number of benzene rings is 1. The van der Waals surface area contributed by atoms with Gasteiger partial charge in [-0.3, -0.25) is 0 Å². The van der Waals surface area contributed by atoms with Crippen LogP contribution in [0.4, 0.5) is 0 Å². The van der Waals surface area contributed by atoms with Crippen molar-refractivity contribution in [2.45, 2.75) is 0 Å². The molecule has 0 amide bonds. The molecule has 16 heavy (non-hydrogen) atoms. The van der Waals surface area contributed by atoms with Crippen molar-refractivity contribution in [3.63, 3.8) is 0 Å². The van der Waals surface area contributed by atoms with Crippen LogP contribution in [0.5, 0.6) is 0 Å². The molecule has 0 atom stereocenters. The summed E-state index contributed by atoms with van der Waals surface area (Å²) >= 11 is 6.79. The van der Waals surface area contributed by atoms with Gasteiger partial charge in [-0.2, -0.15) is 0 Å². The van der Waals surface area contributed by atoms with Gasteiger partial charge in [-0.25, -0.2) is 4.98 Å². The highest BCUT2D eigenvalue weighted by molar-refractivity contribution is 9.10. The van der Waals surface area contributed by atoms with Crippen LogP contribution in [-0.2, 0) is 0 Å². The van der Waals surface area contributed by atoms with E-state index < -0.39 is 0 Å². The van der Waals surface area contributed by atoms with E-state index in [4.69, 9.17) is 0 Å². The summed E-state index contributed by atoms with van der Waals surface area (Å²) in [5.41, 5.74) is 1.73. The molecule has 3 heteroatoms. The second-order valence-electron chi connectivity index (χ2n) is 3.09. The van der Waals surface area contributed by atoms with Crippen LogP contribution < -0.4 is 0 Å². The highest BCUT2D eigenvalue weighted by atomic mass is 79.9. The van der Waals surface area contributed by atoms with Crippen LogP contribution in [0.15, 0.2) is 51.5 Å². The van der Waals surface area contributed by atoms with Crippen LogP contribution in [-0.4, -0.2) is 4.98 Å². The Hall–Kier alpha value is -1.11. The lowest BCUT2D eigenvalue weighted by Crippen LogP contribution is -1.82. The Morgan fingerprint density at radius 3 is 2.38 bits per heavy atom. The van der Waals surface area contributed by atoms with Gasteiger partial charge >= 0.3 is 0 Å². The Balaban J connectivity index is 2.29. The van der Waals surface area contributed by atoms with Crippen molar-refractivity contribution < 1.29 is 0 Å². The molecule has 0 bridgehead atoms. The minimum Gasteiger partial charge on any atom is -0.247 e. The average molecular weight is 337 g/mol. The number of pyridine rings is 1. The minimum atomic E-state index is 0.755. The zero-order valence-corrected chi connectivity index (χ0v) is 11.4. The molecule has 0 aliphatic rings. The second kappa shape index (κ2) is 5.29. The highest BCUT2D eigenvalue weighted by Gasteiger charge is 1.94. The van der Waals surface area contributed by atoms with Gasteiger partial charge in [0.05, 0.1) is 4.47 Å². The smallest absolute Gasteiger partial charge is 0.127 e. The molecule has 0 fully saturated rings. The Bertz CT molecular complexity index is 550. The summed E-state index contributed by atoms with van der Waals surface area (Å²) in [4.78, 5) is 4.18. The number of aromatic nitrogens is 1. The fraction of sp³-hybridized carbons (Fsp3) is 0. The van der Waals surface area contributed by atoms with Gasteiger partial charge in [0.25, 0.3) is 0 Å². The summed E-state index contributed by atoms with van der Waals surface area (Å²) in [5.74, 6) is 6.09. The molecule has 0 radical (unpaired) electrons. The van der Waals surface area contributed by atoms with E-state index in [1.807, 2.05) is 36.4 Å². The van der Waals surface area contributed by atoms with E-state index in [0.29, 0.717) is 0 Å². The fourth-order valence-corrected chi connectivity index (χ4v) is 1.76. The van der Waals surface area contributed by atoms with E-state index in [-0.39, 0.29) is 0 Å². The topological polar surface area (TPSA) is 12.9 Å². The summed E-state index contributed by atoms with van der Waals surface area (Å²) in [6.45, 7) is 0. The van der Waals surface area contributed by atoms with Crippen molar-refractivity contribution in [3.8, 4) is 11.8 Å². The zero-order valence-electron chi connectivity index (χ0n) is 8.24. The SMILES string of the molecule is Brc1ccc(C#Cc2ncccc2Br)cc1. The molecule has 0 saturated heterocycles. The van der Waals surface area contributed by atoms with Crippen molar-refractivity contribution in [1.29, 1.82) is 0 Å². The molecule has 0 aliphatic heterocycles. The van der Waals surface area contributed by atoms with Crippen molar-refractivity contribution in [3.05, 3.63) is 62.8 Å². The lowest BCUT2D eigenvalue weighted by atomic mass is 10.2. The first-order valence-corrected chi connectivity index (χ1v) is 6.22. The predicted octanol–water partition coefficient (Wildman–Crippen LogP) is 4.01. The van der Waals surface area contributed by atoms with E-state index in [0.717, 1.165) is 20.2 Å². The van der Waals surface area contributed by atoms with Crippen molar-refractivity contribution >= 4 is 31.9 Å². The van der Waals surface area contributed by atoms with Crippen LogP contribution in [0.3, 0.4) is 0 Å². The third kappa shape index (κ3) is 2.94. The molecule has 0 unspecified atom stereocenters. The molecule has 78 valence electrons. The zero-order chi connectivity index (χ0) is 11.4. The van der Waals surface area contributed by atoms with Gasteiger partial charge in [-0.15, -0.1) is 0 Å².